The molecule has 0 radical (unpaired) electrons. The summed E-state index contributed by atoms with van der Waals surface area (Å²) in [4.78, 5) is 12.1. The quantitative estimate of drug-likeness (QED) is 0.752. The van der Waals surface area contributed by atoms with Gasteiger partial charge >= 0.3 is 0 Å². The summed E-state index contributed by atoms with van der Waals surface area (Å²) in [6.45, 7) is 4.97. The Hall–Kier alpha value is -2.02. The smallest absolute Gasteiger partial charge is 0.234 e. The van der Waals surface area contributed by atoms with Gasteiger partial charge in [0.05, 0.1) is 18.6 Å². The number of nitrogens with one attached hydrogen (secondary N) is 1. The lowest BCUT2D eigenvalue weighted by atomic mass is 10.3. The van der Waals surface area contributed by atoms with Gasteiger partial charge in [0.1, 0.15) is 11.6 Å². The van der Waals surface area contributed by atoms with Crippen molar-refractivity contribution in [1.82, 2.24) is 14.8 Å². The number of nitrogens with zero attached hydrogens (tertiary/aromatic N) is 3. The van der Waals surface area contributed by atoms with Crippen LogP contribution in [-0.2, 0) is 17.8 Å². The van der Waals surface area contributed by atoms with E-state index in [0.29, 0.717) is 11.4 Å². The maximum absolute atomic E-state index is 12.1. The van der Waals surface area contributed by atoms with E-state index in [4.69, 9.17) is 4.74 Å². The van der Waals surface area contributed by atoms with Crippen molar-refractivity contribution in [2.24, 2.45) is 0 Å². The Morgan fingerprint density at radius 1 is 1.30 bits per heavy atom. The summed E-state index contributed by atoms with van der Waals surface area (Å²) < 4.78 is 7.29. The fourth-order valence-corrected chi connectivity index (χ4v) is 3.04. The van der Waals surface area contributed by atoms with Gasteiger partial charge in [0.25, 0.3) is 0 Å². The first-order valence-electron chi connectivity index (χ1n) is 7.67. The standard InChI is InChI=1S/C16H22N4O2S/c1-4-8-14-18-19-16(20(14)5-2)23-11-15(21)17-12-9-6-7-10-13(12)22-3/h6-7,9-10H,4-5,8,11H2,1-3H3,(H,17,21). The number of amides is 1. The number of carbonyl (C=O) groups is 1. The van der Waals surface area contributed by atoms with Crippen molar-refractivity contribution >= 4 is 23.4 Å². The zero-order chi connectivity index (χ0) is 16.7. The Morgan fingerprint density at radius 3 is 2.78 bits per heavy atom. The molecule has 0 saturated carbocycles. The molecular weight excluding hydrogens is 312 g/mol. The molecular formula is C16H22N4O2S. The van der Waals surface area contributed by atoms with Crippen LogP contribution in [0, 0.1) is 0 Å². The number of carbonyl (C=O) groups excluding carboxylic acids is 1. The molecule has 6 nitrogen and oxygen atoms in total. The van der Waals surface area contributed by atoms with Gasteiger partial charge in [0, 0.05) is 13.0 Å². The van der Waals surface area contributed by atoms with Crippen LogP contribution in [0.5, 0.6) is 5.75 Å². The highest BCUT2D eigenvalue weighted by Crippen LogP contribution is 2.24. The number of anilines is 1. The van der Waals surface area contributed by atoms with Crippen molar-refractivity contribution in [2.45, 2.75) is 38.4 Å². The number of para-hydroxylation sites is 2. The molecule has 0 aliphatic rings. The third-order valence-corrected chi connectivity index (χ3v) is 4.26. The van der Waals surface area contributed by atoms with Gasteiger partial charge in [-0.15, -0.1) is 10.2 Å². The van der Waals surface area contributed by atoms with Crippen LogP contribution in [-0.4, -0.2) is 33.5 Å². The maximum atomic E-state index is 12.1. The van der Waals surface area contributed by atoms with Crippen molar-refractivity contribution in [3.8, 4) is 5.75 Å². The number of hydrogen-bond donors (Lipinski definition) is 1. The largest absolute Gasteiger partial charge is 0.495 e. The van der Waals surface area contributed by atoms with E-state index >= 15 is 0 Å². The predicted molar refractivity (Wildman–Crippen MR) is 92.0 cm³/mol. The molecule has 0 aliphatic heterocycles. The molecule has 0 aliphatic carbocycles. The molecule has 0 saturated heterocycles. The number of benzene rings is 1. The molecule has 7 heteroatoms. The summed E-state index contributed by atoms with van der Waals surface area (Å²) in [5, 5.41) is 12.0. The summed E-state index contributed by atoms with van der Waals surface area (Å²) >= 11 is 1.40. The van der Waals surface area contributed by atoms with Crippen LogP contribution >= 0.6 is 11.8 Å². The summed E-state index contributed by atoms with van der Waals surface area (Å²) in [7, 11) is 1.58. The molecule has 1 amide bonds. The van der Waals surface area contributed by atoms with Gasteiger partial charge < -0.3 is 14.6 Å². The summed E-state index contributed by atoms with van der Waals surface area (Å²) in [6.07, 6.45) is 1.92. The van der Waals surface area contributed by atoms with Crippen molar-refractivity contribution in [1.29, 1.82) is 0 Å². The number of aromatic nitrogens is 3. The average Bonchev–Trinajstić information content (AvgIpc) is 2.95. The second-order valence-corrected chi connectivity index (χ2v) is 5.87. The fourth-order valence-electron chi connectivity index (χ4n) is 2.22. The van der Waals surface area contributed by atoms with Gasteiger partial charge in [-0.25, -0.2) is 0 Å². The van der Waals surface area contributed by atoms with Gasteiger partial charge in [-0.05, 0) is 25.5 Å². The molecule has 2 rings (SSSR count). The minimum atomic E-state index is -0.0952. The van der Waals surface area contributed by atoms with Crippen molar-refractivity contribution in [2.75, 3.05) is 18.2 Å². The second-order valence-electron chi connectivity index (χ2n) is 4.93. The van der Waals surface area contributed by atoms with E-state index in [1.807, 2.05) is 24.3 Å². The third kappa shape index (κ3) is 4.48. The molecule has 23 heavy (non-hydrogen) atoms. The van der Waals surface area contributed by atoms with Crippen LogP contribution in [0.3, 0.4) is 0 Å². The minimum Gasteiger partial charge on any atom is -0.495 e. The zero-order valence-electron chi connectivity index (χ0n) is 13.7. The van der Waals surface area contributed by atoms with E-state index in [0.717, 1.165) is 30.4 Å². The molecule has 1 N–H and O–H groups in total. The maximum Gasteiger partial charge on any atom is 0.234 e. The minimum absolute atomic E-state index is 0.0952. The van der Waals surface area contributed by atoms with E-state index < -0.39 is 0 Å². The lowest BCUT2D eigenvalue weighted by molar-refractivity contribution is -0.113. The van der Waals surface area contributed by atoms with E-state index in [-0.39, 0.29) is 11.7 Å². The van der Waals surface area contributed by atoms with Crippen LogP contribution < -0.4 is 10.1 Å². The topological polar surface area (TPSA) is 69.0 Å². The molecule has 0 unspecified atom stereocenters. The Balaban J connectivity index is 1.97. The first-order chi connectivity index (χ1) is 11.2. The first-order valence-corrected chi connectivity index (χ1v) is 8.65. The Labute approximate surface area is 140 Å². The van der Waals surface area contributed by atoms with Gasteiger partial charge in [-0.1, -0.05) is 30.8 Å². The molecule has 2 aromatic rings. The average molecular weight is 334 g/mol. The number of rotatable bonds is 8. The molecule has 1 aromatic heterocycles. The van der Waals surface area contributed by atoms with E-state index in [1.54, 1.807) is 7.11 Å². The number of thioether (sulfide) groups is 1. The molecule has 0 bridgehead atoms. The Bertz CT molecular complexity index is 657. The Morgan fingerprint density at radius 2 is 2.09 bits per heavy atom. The van der Waals surface area contributed by atoms with Crippen LogP contribution in [0.25, 0.3) is 0 Å². The van der Waals surface area contributed by atoms with E-state index in [9.17, 15) is 4.79 Å². The fraction of sp³-hybridized carbons (Fsp3) is 0.438. The van der Waals surface area contributed by atoms with Crippen LogP contribution in [0.4, 0.5) is 5.69 Å². The van der Waals surface area contributed by atoms with Crippen LogP contribution in [0.2, 0.25) is 0 Å². The highest BCUT2D eigenvalue weighted by atomic mass is 32.2. The van der Waals surface area contributed by atoms with Crippen molar-refractivity contribution in [3.05, 3.63) is 30.1 Å². The lowest BCUT2D eigenvalue weighted by Gasteiger charge is -2.10. The van der Waals surface area contributed by atoms with Gasteiger partial charge in [0.2, 0.25) is 5.91 Å². The summed E-state index contributed by atoms with van der Waals surface area (Å²) in [6, 6.07) is 7.35. The second kappa shape index (κ2) is 8.57. The molecule has 0 fully saturated rings. The van der Waals surface area contributed by atoms with Crippen molar-refractivity contribution < 1.29 is 9.53 Å². The predicted octanol–water partition coefficient (Wildman–Crippen LogP) is 2.99. The third-order valence-electron chi connectivity index (χ3n) is 3.30. The van der Waals surface area contributed by atoms with Gasteiger partial charge in [0.15, 0.2) is 5.16 Å². The highest BCUT2D eigenvalue weighted by Gasteiger charge is 2.13. The van der Waals surface area contributed by atoms with Gasteiger partial charge in [-0.2, -0.15) is 0 Å². The zero-order valence-corrected chi connectivity index (χ0v) is 14.5. The normalized spacial score (nSPS) is 10.6. The van der Waals surface area contributed by atoms with Crippen molar-refractivity contribution in [3.63, 3.8) is 0 Å². The summed E-state index contributed by atoms with van der Waals surface area (Å²) in [5.41, 5.74) is 0.671. The highest BCUT2D eigenvalue weighted by molar-refractivity contribution is 7.99. The number of hydrogen-bond acceptors (Lipinski definition) is 5. The number of aryl methyl sites for hydroxylation is 1. The number of methoxy groups -OCH3 is 1. The van der Waals surface area contributed by atoms with E-state index in [1.165, 1.54) is 11.8 Å². The first kappa shape index (κ1) is 17.3. The van der Waals surface area contributed by atoms with Crippen LogP contribution in [0.15, 0.2) is 29.4 Å². The Kier molecular flexibility index (Phi) is 6.46. The number of ether oxygens (including phenoxy) is 1. The molecule has 1 aromatic carbocycles. The van der Waals surface area contributed by atoms with Gasteiger partial charge in [-0.3, -0.25) is 4.79 Å². The molecule has 0 spiro atoms. The lowest BCUT2D eigenvalue weighted by Crippen LogP contribution is -2.15. The summed E-state index contributed by atoms with van der Waals surface area (Å²) in [5.74, 6) is 1.81. The van der Waals surface area contributed by atoms with Crippen LogP contribution in [0.1, 0.15) is 26.1 Å². The molecule has 124 valence electrons. The monoisotopic (exact) mass is 334 g/mol. The SMILES string of the molecule is CCCc1nnc(SCC(=O)Nc2ccccc2OC)n1CC. The molecule has 0 atom stereocenters. The van der Waals surface area contributed by atoms with E-state index in [2.05, 4.69) is 33.9 Å². The molecule has 1 heterocycles.